The van der Waals surface area contributed by atoms with Gasteiger partial charge in [-0.15, -0.1) is 24.9 Å². The van der Waals surface area contributed by atoms with Gasteiger partial charge in [-0.05, 0) is 49.7 Å². The molecule has 1 aromatic carbocycles. The molecular formula is C31H42N2O5S. The maximum atomic E-state index is 14.9. The molecule has 3 fully saturated rings. The fourth-order valence-electron chi connectivity index (χ4n) is 7.12. The number of aliphatic hydroxyl groups excluding tert-OH is 1. The predicted molar refractivity (Wildman–Crippen MR) is 155 cm³/mol. The van der Waals surface area contributed by atoms with E-state index in [2.05, 4.69) is 20.1 Å². The van der Waals surface area contributed by atoms with E-state index in [0.29, 0.717) is 6.42 Å². The van der Waals surface area contributed by atoms with Crippen LogP contribution < -0.4 is 4.90 Å². The normalized spacial score (nSPS) is 29.9. The van der Waals surface area contributed by atoms with E-state index in [9.17, 15) is 19.5 Å². The molecule has 3 saturated heterocycles. The van der Waals surface area contributed by atoms with Gasteiger partial charge in [0.25, 0.3) is 5.91 Å². The smallest absolute Gasteiger partial charge is 0.310 e. The second-order valence-electron chi connectivity index (χ2n) is 11.5. The first kappa shape index (κ1) is 29.4. The third-order valence-electron chi connectivity index (χ3n) is 8.86. The number of likely N-dealkylation sites (tertiary alicyclic amines) is 1. The maximum absolute atomic E-state index is 14.9. The van der Waals surface area contributed by atoms with Gasteiger partial charge in [-0.2, -0.15) is 0 Å². The number of nitrogens with zero attached hydrogens (tertiary/aromatic N) is 2. The molecule has 3 aliphatic heterocycles. The van der Waals surface area contributed by atoms with Crippen molar-refractivity contribution in [3.63, 3.8) is 0 Å². The molecule has 3 aliphatic rings. The van der Waals surface area contributed by atoms with Gasteiger partial charge in [0, 0.05) is 17.5 Å². The molecule has 7 nitrogen and oxygen atoms in total. The van der Waals surface area contributed by atoms with Crippen molar-refractivity contribution in [3.8, 4) is 0 Å². The van der Waals surface area contributed by atoms with Gasteiger partial charge in [-0.25, -0.2) is 0 Å². The minimum atomic E-state index is -0.829. The van der Waals surface area contributed by atoms with Crippen LogP contribution in [-0.4, -0.2) is 69.6 Å². The number of aliphatic hydroxyl groups is 1. The summed E-state index contributed by atoms with van der Waals surface area (Å²) in [5, 5.41) is 10.4. The summed E-state index contributed by atoms with van der Waals surface area (Å²) in [6.07, 6.45) is 4.66. The highest BCUT2D eigenvalue weighted by Crippen LogP contribution is 2.69. The number of ether oxygens (including phenoxy) is 1. The number of aryl methyl sites for hydroxylation is 2. The van der Waals surface area contributed by atoms with Gasteiger partial charge in [0.05, 0.1) is 35.8 Å². The standard InChI is InChI=1S/C31H42N2O5S/c1-8-10-15-38-30(37)24-23-16-21(7)31(39-23)25(24)28(35)33(22(17-34)18(3)4)27(31)29(36)32(14-9-2)26-19(5)12-11-13-20(26)6/h8-9,11-13,18,21-25,27,34H,1-2,10,14-17H2,3-7H3/t21?,22-,23+,24-,25-,27?,31?/m0/s1. The van der Waals surface area contributed by atoms with Crippen LogP contribution in [0.4, 0.5) is 5.69 Å². The fourth-order valence-corrected chi connectivity index (χ4v) is 9.51. The lowest BCUT2D eigenvalue weighted by Crippen LogP contribution is -2.60. The van der Waals surface area contributed by atoms with E-state index in [1.807, 2.05) is 45.9 Å². The van der Waals surface area contributed by atoms with Crippen molar-refractivity contribution in [1.82, 2.24) is 4.90 Å². The first-order valence-electron chi connectivity index (χ1n) is 13.9. The van der Waals surface area contributed by atoms with Crippen molar-refractivity contribution in [1.29, 1.82) is 0 Å². The number of esters is 1. The van der Waals surface area contributed by atoms with Crippen LogP contribution in [0, 0.1) is 37.5 Å². The van der Waals surface area contributed by atoms with Crippen LogP contribution in [0.5, 0.6) is 0 Å². The van der Waals surface area contributed by atoms with Crippen molar-refractivity contribution in [2.75, 3.05) is 24.7 Å². The van der Waals surface area contributed by atoms with Gasteiger partial charge in [0.2, 0.25) is 5.91 Å². The molecule has 1 N–H and O–H groups in total. The minimum Gasteiger partial charge on any atom is -0.465 e. The van der Waals surface area contributed by atoms with Gasteiger partial charge < -0.3 is 19.6 Å². The van der Waals surface area contributed by atoms with Gasteiger partial charge in [0.15, 0.2) is 0 Å². The van der Waals surface area contributed by atoms with E-state index in [4.69, 9.17) is 4.74 Å². The summed E-state index contributed by atoms with van der Waals surface area (Å²) >= 11 is 1.62. The van der Waals surface area contributed by atoms with Crippen molar-refractivity contribution in [2.45, 2.75) is 69.5 Å². The van der Waals surface area contributed by atoms with Crippen molar-refractivity contribution in [3.05, 3.63) is 54.6 Å². The Labute approximate surface area is 236 Å². The highest BCUT2D eigenvalue weighted by molar-refractivity contribution is 8.02. The SMILES string of the molecule is C=CCCOC(=O)[C@@H]1[C@H]2C(=O)N([C@@H](CO)C(C)C)C(C(=O)N(CC=C)c3c(C)cccc3C)C23S[C@@H]1CC3C. The number of rotatable bonds is 11. The van der Waals surface area contributed by atoms with E-state index in [-0.39, 0.29) is 54.6 Å². The summed E-state index contributed by atoms with van der Waals surface area (Å²) < 4.78 is 4.81. The van der Waals surface area contributed by atoms with E-state index in [0.717, 1.165) is 23.2 Å². The van der Waals surface area contributed by atoms with E-state index < -0.39 is 28.7 Å². The molecule has 4 rings (SSSR count). The number of fused-ring (bicyclic) bond motifs is 1. The van der Waals surface area contributed by atoms with Gasteiger partial charge >= 0.3 is 5.97 Å². The van der Waals surface area contributed by atoms with Crippen molar-refractivity contribution in [2.24, 2.45) is 23.7 Å². The quantitative estimate of drug-likeness (QED) is 0.249. The molecule has 1 aromatic rings. The molecule has 2 bridgehead atoms. The number of hydrogen-bond donors (Lipinski definition) is 1. The summed E-state index contributed by atoms with van der Waals surface area (Å²) in [6, 6.07) is 4.53. The zero-order chi connectivity index (χ0) is 28.6. The van der Waals surface area contributed by atoms with E-state index in [1.165, 1.54) is 0 Å². The van der Waals surface area contributed by atoms with Crippen molar-refractivity contribution >= 4 is 35.2 Å². The predicted octanol–water partition coefficient (Wildman–Crippen LogP) is 4.30. The molecule has 39 heavy (non-hydrogen) atoms. The molecule has 0 saturated carbocycles. The van der Waals surface area contributed by atoms with Crippen LogP contribution >= 0.6 is 11.8 Å². The topological polar surface area (TPSA) is 87.1 Å². The van der Waals surface area contributed by atoms with Crippen LogP contribution in [-0.2, 0) is 19.1 Å². The third kappa shape index (κ3) is 4.63. The molecule has 7 atom stereocenters. The Morgan fingerprint density at radius 1 is 1.26 bits per heavy atom. The lowest BCUT2D eigenvalue weighted by molar-refractivity contribution is -0.155. The monoisotopic (exact) mass is 554 g/mol. The Bertz CT molecular complexity index is 1130. The summed E-state index contributed by atoms with van der Waals surface area (Å²) in [4.78, 5) is 46.1. The van der Waals surface area contributed by atoms with Gasteiger partial charge in [-0.1, -0.05) is 51.1 Å². The Morgan fingerprint density at radius 2 is 1.92 bits per heavy atom. The van der Waals surface area contributed by atoms with Gasteiger partial charge in [-0.3, -0.25) is 14.4 Å². The summed E-state index contributed by atoms with van der Waals surface area (Å²) in [6.45, 7) is 17.8. The molecule has 8 heteroatoms. The second-order valence-corrected chi connectivity index (χ2v) is 13.1. The lowest BCUT2D eigenvalue weighted by Gasteiger charge is -2.43. The van der Waals surface area contributed by atoms with Crippen LogP contribution in [0.3, 0.4) is 0 Å². The first-order valence-corrected chi connectivity index (χ1v) is 14.8. The zero-order valence-electron chi connectivity index (χ0n) is 23.8. The first-order chi connectivity index (χ1) is 18.6. The molecule has 0 radical (unpaired) electrons. The van der Waals surface area contributed by atoms with E-state index in [1.54, 1.807) is 33.7 Å². The Hall–Kier alpha value is -2.58. The highest BCUT2D eigenvalue weighted by Gasteiger charge is 2.77. The second kappa shape index (κ2) is 11.5. The molecule has 2 amide bonds. The number of thioether (sulfide) groups is 1. The minimum absolute atomic E-state index is 0.0210. The molecule has 3 unspecified atom stereocenters. The molecule has 212 valence electrons. The molecule has 0 aromatic heterocycles. The maximum Gasteiger partial charge on any atom is 0.310 e. The molecule has 3 heterocycles. The fraction of sp³-hybridized carbons (Fsp3) is 0.581. The molecular weight excluding hydrogens is 512 g/mol. The lowest BCUT2D eigenvalue weighted by atomic mass is 9.66. The Morgan fingerprint density at radius 3 is 2.49 bits per heavy atom. The van der Waals surface area contributed by atoms with Crippen molar-refractivity contribution < 1.29 is 24.2 Å². The average Bonchev–Trinajstić information content (AvgIpc) is 3.47. The van der Waals surface area contributed by atoms with Crippen LogP contribution in [0.15, 0.2) is 43.5 Å². The summed E-state index contributed by atoms with van der Waals surface area (Å²) in [5.74, 6) is -2.17. The number of carbonyl (C=O) groups excluding carboxylic acids is 3. The number of amides is 2. The highest BCUT2D eigenvalue weighted by atomic mass is 32.2. The number of hydrogen-bond acceptors (Lipinski definition) is 6. The molecule has 1 spiro atoms. The van der Waals surface area contributed by atoms with Crippen LogP contribution in [0.1, 0.15) is 44.7 Å². The van der Waals surface area contributed by atoms with Crippen LogP contribution in [0.25, 0.3) is 0 Å². The van der Waals surface area contributed by atoms with Crippen LogP contribution in [0.2, 0.25) is 0 Å². The number of anilines is 1. The Balaban J connectivity index is 1.86. The Kier molecular flexibility index (Phi) is 8.67. The largest absolute Gasteiger partial charge is 0.465 e. The number of benzene rings is 1. The van der Waals surface area contributed by atoms with Gasteiger partial charge in [0.1, 0.15) is 6.04 Å². The summed E-state index contributed by atoms with van der Waals surface area (Å²) in [7, 11) is 0. The summed E-state index contributed by atoms with van der Waals surface area (Å²) in [5.41, 5.74) is 2.72. The number of carbonyl (C=O) groups is 3. The molecule has 0 aliphatic carbocycles. The third-order valence-corrected chi connectivity index (χ3v) is 10.9. The number of para-hydroxylation sites is 1. The average molecular weight is 555 g/mol. The van der Waals surface area contributed by atoms with E-state index >= 15 is 0 Å². The zero-order valence-corrected chi connectivity index (χ0v) is 24.6.